The summed E-state index contributed by atoms with van der Waals surface area (Å²) in [6, 6.07) is 38.8. The molecule has 45 heavy (non-hydrogen) atoms. The number of rotatable bonds is 12. The Kier molecular flexibility index (Phi) is 13.7. The van der Waals surface area contributed by atoms with Crippen LogP contribution in [0.5, 0.6) is 0 Å². The fraction of sp³-hybridized carbons (Fsp3) is 0.278. The van der Waals surface area contributed by atoms with E-state index in [0.717, 1.165) is 21.5 Å². The van der Waals surface area contributed by atoms with Crippen LogP contribution in [0.3, 0.4) is 0 Å². The molecule has 2 atom stereocenters. The van der Waals surface area contributed by atoms with Crippen molar-refractivity contribution in [2.45, 2.75) is 51.2 Å². The molecule has 9 heteroatoms. The summed E-state index contributed by atoms with van der Waals surface area (Å²) in [6.45, 7) is 5.94. The summed E-state index contributed by atoms with van der Waals surface area (Å²) >= 11 is 0. The molecule has 0 amide bonds. The smallest absolute Gasteiger partial charge is 0.337 e. The van der Waals surface area contributed by atoms with Gasteiger partial charge in [-0.3, -0.25) is 0 Å². The van der Waals surface area contributed by atoms with Crippen LogP contribution in [-0.4, -0.2) is 61.0 Å². The van der Waals surface area contributed by atoms with E-state index in [1.807, 2.05) is 84.9 Å². The number of benzene rings is 4. The number of aliphatic hydroxyl groups is 3. The first-order chi connectivity index (χ1) is 21.6. The van der Waals surface area contributed by atoms with E-state index in [2.05, 4.69) is 45.0 Å². The second-order valence-corrected chi connectivity index (χ2v) is 15.7. The highest BCUT2D eigenvalue weighted by molar-refractivity contribution is 6.99. The molecule has 0 aromatic heterocycles. The zero-order valence-electron chi connectivity index (χ0n) is 25.9. The minimum atomic E-state index is -2.81. The fourth-order valence-electron chi connectivity index (χ4n) is 4.76. The van der Waals surface area contributed by atoms with Crippen molar-refractivity contribution in [3.05, 3.63) is 132 Å². The van der Waals surface area contributed by atoms with Gasteiger partial charge in [-0.15, -0.1) is 0 Å². The molecular formula is C36H42O8Si. The maximum absolute atomic E-state index is 12.4. The Morgan fingerprint density at radius 3 is 1.33 bits per heavy atom. The van der Waals surface area contributed by atoms with Crippen molar-refractivity contribution in [2.24, 2.45) is 0 Å². The largest absolute Gasteiger partial charge is 0.459 e. The van der Waals surface area contributed by atoms with Crippen LogP contribution in [-0.2, 0) is 36.7 Å². The van der Waals surface area contributed by atoms with Gasteiger partial charge in [0.05, 0.1) is 13.2 Å². The number of ether oxygens (including phenoxy) is 2. The van der Waals surface area contributed by atoms with Gasteiger partial charge in [0.1, 0.15) is 13.2 Å². The molecule has 3 N–H and O–H groups in total. The molecular weight excluding hydrogens is 588 g/mol. The zero-order chi connectivity index (χ0) is 32.7. The van der Waals surface area contributed by atoms with Gasteiger partial charge in [0, 0.05) is 0 Å². The lowest BCUT2D eigenvalue weighted by molar-refractivity contribution is -0.157. The van der Waals surface area contributed by atoms with Crippen LogP contribution in [0.4, 0.5) is 0 Å². The van der Waals surface area contributed by atoms with Gasteiger partial charge >= 0.3 is 11.9 Å². The fourth-order valence-corrected chi connectivity index (χ4v) is 9.32. The summed E-state index contributed by atoms with van der Waals surface area (Å²) < 4.78 is 16.6. The molecule has 0 saturated heterocycles. The quantitative estimate of drug-likeness (QED) is 0.160. The number of hydrogen-bond acceptors (Lipinski definition) is 8. The van der Waals surface area contributed by atoms with Crippen molar-refractivity contribution in [3.63, 3.8) is 0 Å². The third-order valence-electron chi connectivity index (χ3n) is 7.04. The molecule has 0 bridgehead atoms. The molecule has 0 heterocycles. The molecule has 0 saturated carbocycles. The average molecular weight is 631 g/mol. The summed E-state index contributed by atoms with van der Waals surface area (Å²) in [5, 5.41) is 29.8. The molecule has 238 valence electrons. The van der Waals surface area contributed by atoms with Gasteiger partial charge in [-0.05, 0) is 26.5 Å². The summed E-state index contributed by atoms with van der Waals surface area (Å²) in [7, 11) is -2.81. The van der Waals surface area contributed by atoms with E-state index in [1.165, 1.54) is 0 Å². The SMILES string of the molecule is CC(C)(C)[Si](OCC(O)C(=O)OCc1ccccc1)(c1ccccc1)c1ccccc1.O=C(OCc1ccccc1)C(O)CO. The van der Waals surface area contributed by atoms with Gasteiger partial charge in [-0.2, -0.15) is 0 Å². The van der Waals surface area contributed by atoms with Crippen LogP contribution in [0.2, 0.25) is 5.04 Å². The maximum atomic E-state index is 12.4. The van der Waals surface area contributed by atoms with Crippen LogP contribution >= 0.6 is 0 Å². The lowest BCUT2D eigenvalue weighted by Gasteiger charge is -2.43. The van der Waals surface area contributed by atoms with Crippen molar-refractivity contribution >= 4 is 30.6 Å². The number of esters is 2. The van der Waals surface area contributed by atoms with Gasteiger partial charge in [0.15, 0.2) is 12.2 Å². The first kappa shape index (κ1) is 35.4. The monoisotopic (exact) mass is 630 g/mol. The number of carbonyl (C=O) groups is 2. The van der Waals surface area contributed by atoms with Gasteiger partial charge in [0.2, 0.25) is 0 Å². The molecule has 4 aromatic rings. The Balaban J connectivity index is 0.000000330. The Labute approximate surface area is 266 Å². The third-order valence-corrected chi connectivity index (χ3v) is 12.0. The van der Waals surface area contributed by atoms with E-state index in [4.69, 9.17) is 24.1 Å². The van der Waals surface area contributed by atoms with E-state index in [-0.39, 0.29) is 24.9 Å². The van der Waals surface area contributed by atoms with Crippen molar-refractivity contribution in [1.82, 2.24) is 0 Å². The van der Waals surface area contributed by atoms with E-state index >= 15 is 0 Å². The Bertz CT molecular complexity index is 1390. The minimum Gasteiger partial charge on any atom is -0.459 e. The molecule has 0 spiro atoms. The number of hydrogen-bond donors (Lipinski definition) is 3. The molecule has 0 radical (unpaired) electrons. The highest BCUT2D eigenvalue weighted by Crippen LogP contribution is 2.36. The summed E-state index contributed by atoms with van der Waals surface area (Å²) in [4.78, 5) is 23.3. The van der Waals surface area contributed by atoms with Crippen LogP contribution < -0.4 is 10.4 Å². The Morgan fingerprint density at radius 1 is 0.622 bits per heavy atom. The Morgan fingerprint density at radius 2 is 0.978 bits per heavy atom. The predicted molar refractivity (Wildman–Crippen MR) is 175 cm³/mol. The van der Waals surface area contributed by atoms with Gasteiger partial charge in [-0.25, -0.2) is 9.59 Å². The molecule has 0 aliphatic heterocycles. The van der Waals surface area contributed by atoms with Crippen molar-refractivity contribution in [3.8, 4) is 0 Å². The van der Waals surface area contributed by atoms with Crippen LogP contribution in [0.1, 0.15) is 31.9 Å². The number of aliphatic hydroxyl groups excluding tert-OH is 3. The second kappa shape index (κ2) is 17.4. The third kappa shape index (κ3) is 10.2. The van der Waals surface area contributed by atoms with Gasteiger partial charge < -0.3 is 29.2 Å². The highest BCUT2D eigenvalue weighted by atomic mass is 28.4. The molecule has 4 aromatic carbocycles. The standard InChI is InChI=1S/C26H30O4Si.C10H12O4/c1-26(2,3)31(22-15-9-5-10-16-22,23-17-11-6-12-18-23)30-20-24(27)25(28)29-19-21-13-7-4-8-14-21;11-6-9(12)10(13)14-7-8-4-2-1-3-5-8/h4-18,24,27H,19-20H2,1-3H3;1-5,9,11-12H,6-7H2. The molecule has 4 rings (SSSR count). The summed E-state index contributed by atoms with van der Waals surface area (Å²) in [5.74, 6) is -1.49. The molecule has 0 aliphatic rings. The summed E-state index contributed by atoms with van der Waals surface area (Å²) in [5.41, 5.74) is 1.71. The highest BCUT2D eigenvalue weighted by Gasteiger charge is 2.50. The lowest BCUT2D eigenvalue weighted by atomic mass is 10.2. The van der Waals surface area contributed by atoms with Crippen molar-refractivity contribution < 1.29 is 38.8 Å². The normalized spacial score (nSPS) is 12.7. The van der Waals surface area contributed by atoms with E-state index < -0.39 is 39.1 Å². The zero-order valence-corrected chi connectivity index (χ0v) is 26.9. The maximum Gasteiger partial charge on any atom is 0.337 e. The van der Waals surface area contributed by atoms with E-state index in [9.17, 15) is 14.7 Å². The molecule has 2 unspecified atom stereocenters. The van der Waals surface area contributed by atoms with Crippen molar-refractivity contribution in [1.29, 1.82) is 0 Å². The minimum absolute atomic E-state index is 0.108. The first-order valence-corrected chi connectivity index (χ1v) is 16.6. The lowest BCUT2D eigenvalue weighted by Crippen LogP contribution is -2.67. The van der Waals surface area contributed by atoms with Gasteiger partial charge in [-0.1, -0.05) is 142 Å². The molecule has 0 fully saturated rings. The summed E-state index contributed by atoms with van der Waals surface area (Å²) in [6.07, 6.45) is -2.80. The van der Waals surface area contributed by atoms with Gasteiger partial charge in [0.25, 0.3) is 8.32 Å². The topological polar surface area (TPSA) is 123 Å². The van der Waals surface area contributed by atoms with Crippen LogP contribution in [0.25, 0.3) is 0 Å². The molecule has 8 nitrogen and oxygen atoms in total. The van der Waals surface area contributed by atoms with E-state index in [0.29, 0.717) is 0 Å². The predicted octanol–water partition coefficient (Wildman–Crippen LogP) is 3.75. The first-order valence-electron chi connectivity index (χ1n) is 14.7. The van der Waals surface area contributed by atoms with Crippen LogP contribution in [0.15, 0.2) is 121 Å². The number of carbonyl (C=O) groups excluding carboxylic acids is 2. The van der Waals surface area contributed by atoms with Crippen LogP contribution in [0, 0.1) is 0 Å². The van der Waals surface area contributed by atoms with E-state index in [1.54, 1.807) is 12.1 Å². The average Bonchev–Trinajstić information content (AvgIpc) is 3.07. The Hall–Kier alpha value is -4.12. The second-order valence-electron chi connectivity index (χ2n) is 11.4. The molecule has 0 aliphatic carbocycles. The van der Waals surface area contributed by atoms with Crippen molar-refractivity contribution in [2.75, 3.05) is 13.2 Å².